The van der Waals surface area contributed by atoms with Gasteiger partial charge in [0.05, 0.1) is 34.2 Å². The van der Waals surface area contributed by atoms with E-state index in [1.807, 2.05) is 65.0 Å². The maximum Gasteiger partial charge on any atom is 0.257 e. The molecule has 2 aromatic carbocycles. The van der Waals surface area contributed by atoms with Crippen LogP contribution >= 0.6 is 11.6 Å². The third-order valence-electron chi connectivity index (χ3n) is 6.06. The summed E-state index contributed by atoms with van der Waals surface area (Å²) >= 11 is 6.15. The molecule has 0 atom stereocenters. The lowest BCUT2D eigenvalue weighted by Gasteiger charge is -2.31. The molecule has 0 unspecified atom stereocenters. The van der Waals surface area contributed by atoms with Crippen LogP contribution in [0.5, 0.6) is 0 Å². The van der Waals surface area contributed by atoms with Crippen molar-refractivity contribution in [3.05, 3.63) is 76.8 Å². The first-order valence-corrected chi connectivity index (χ1v) is 11.1. The van der Waals surface area contributed by atoms with E-state index in [1.54, 1.807) is 6.20 Å². The zero-order chi connectivity index (χ0) is 21.4. The van der Waals surface area contributed by atoms with E-state index in [9.17, 15) is 4.79 Å². The first-order chi connectivity index (χ1) is 15.1. The summed E-state index contributed by atoms with van der Waals surface area (Å²) in [4.78, 5) is 23.4. The molecule has 1 amide bonds. The zero-order valence-corrected chi connectivity index (χ0v) is 18.1. The number of carbonyl (C=O) groups excluding carboxylic acids is 1. The van der Waals surface area contributed by atoms with Crippen molar-refractivity contribution in [3.63, 3.8) is 0 Å². The Kier molecular flexibility index (Phi) is 5.24. The summed E-state index contributed by atoms with van der Waals surface area (Å²) in [6.07, 6.45) is 4.20. The molecule has 5 rings (SSSR count). The van der Waals surface area contributed by atoms with Gasteiger partial charge in [0.2, 0.25) is 0 Å². The molecule has 1 aliphatic heterocycles. The fourth-order valence-corrected chi connectivity index (χ4v) is 4.60. The first kappa shape index (κ1) is 19.8. The van der Waals surface area contributed by atoms with E-state index in [4.69, 9.17) is 16.6 Å². The van der Waals surface area contributed by atoms with Crippen molar-refractivity contribution in [2.45, 2.75) is 32.1 Å². The summed E-state index contributed by atoms with van der Waals surface area (Å²) in [5, 5.41) is 5.15. The number of nitrogens with one attached hydrogen (secondary N) is 1. The number of fused-ring (bicyclic) bond motifs is 1. The predicted molar refractivity (Wildman–Crippen MR) is 122 cm³/mol. The minimum absolute atomic E-state index is 0.0492. The minimum atomic E-state index is 0.0492. The third kappa shape index (κ3) is 3.72. The molecule has 1 aliphatic rings. The Morgan fingerprint density at radius 2 is 1.97 bits per heavy atom. The number of amides is 1. The van der Waals surface area contributed by atoms with Crippen LogP contribution in [-0.4, -0.2) is 43.6 Å². The maximum absolute atomic E-state index is 13.3. The van der Waals surface area contributed by atoms with Gasteiger partial charge in [-0.2, -0.15) is 5.10 Å². The molecular weight excluding hydrogens is 410 g/mol. The van der Waals surface area contributed by atoms with Crippen LogP contribution in [0.25, 0.3) is 16.7 Å². The number of halogens is 1. The molecule has 1 saturated heterocycles. The van der Waals surface area contributed by atoms with Gasteiger partial charge in [-0.25, -0.2) is 9.67 Å². The lowest BCUT2D eigenvalue weighted by atomic mass is 9.95. The second kappa shape index (κ2) is 8.19. The van der Waals surface area contributed by atoms with Crippen LogP contribution in [-0.2, 0) is 6.42 Å². The maximum atomic E-state index is 13.3. The molecule has 158 valence electrons. The number of nitrogens with zero attached hydrogens (tertiary/aromatic N) is 4. The molecule has 7 heteroatoms. The average molecular weight is 434 g/mol. The van der Waals surface area contributed by atoms with E-state index >= 15 is 0 Å². The van der Waals surface area contributed by atoms with Crippen LogP contribution in [0, 0.1) is 0 Å². The number of aromatic nitrogens is 4. The van der Waals surface area contributed by atoms with Crippen LogP contribution in [0.4, 0.5) is 0 Å². The summed E-state index contributed by atoms with van der Waals surface area (Å²) in [6, 6.07) is 15.6. The van der Waals surface area contributed by atoms with Gasteiger partial charge in [0, 0.05) is 24.0 Å². The number of hydrogen-bond acceptors (Lipinski definition) is 3. The molecule has 0 bridgehead atoms. The summed E-state index contributed by atoms with van der Waals surface area (Å²) < 4.78 is 1.82. The van der Waals surface area contributed by atoms with Gasteiger partial charge in [0.25, 0.3) is 5.91 Å². The van der Waals surface area contributed by atoms with Crippen LogP contribution in [0.15, 0.2) is 54.7 Å². The minimum Gasteiger partial charge on any atom is -0.342 e. The Morgan fingerprint density at radius 1 is 1.16 bits per heavy atom. The van der Waals surface area contributed by atoms with Gasteiger partial charge in [-0.1, -0.05) is 36.7 Å². The SMILES string of the molecule is CCc1c(C(=O)N2CCC(c3nc4ccccc4[nH]3)CC2)cnn1-c1cccc(Cl)c1. The largest absolute Gasteiger partial charge is 0.342 e. The number of H-pyrrole nitrogens is 1. The molecule has 1 N–H and O–H groups in total. The number of carbonyl (C=O) groups is 1. The monoisotopic (exact) mass is 433 g/mol. The number of piperidine rings is 1. The number of imidazole rings is 1. The molecular formula is C24H24ClN5O. The van der Waals surface area contributed by atoms with Crippen molar-refractivity contribution in [3.8, 4) is 5.69 Å². The van der Waals surface area contributed by atoms with E-state index in [0.717, 1.165) is 41.1 Å². The van der Waals surface area contributed by atoms with Crippen LogP contribution in [0.1, 0.15) is 47.6 Å². The Bertz CT molecular complexity index is 1200. The molecule has 3 heterocycles. The molecule has 1 fully saturated rings. The lowest BCUT2D eigenvalue weighted by Crippen LogP contribution is -2.38. The molecule has 31 heavy (non-hydrogen) atoms. The molecule has 0 saturated carbocycles. The summed E-state index contributed by atoms with van der Waals surface area (Å²) in [6.45, 7) is 3.47. The highest BCUT2D eigenvalue weighted by Crippen LogP contribution is 2.29. The van der Waals surface area contributed by atoms with Gasteiger partial charge >= 0.3 is 0 Å². The number of para-hydroxylation sites is 2. The van der Waals surface area contributed by atoms with E-state index in [-0.39, 0.29) is 5.91 Å². The summed E-state index contributed by atoms with van der Waals surface area (Å²) in [5.74, 6) is 1.42. The van der Waals surface area contributed by atoms with Gasteiger partial charge in [-0.15, -0.1) is 0 Å². The van der Waals surface area contributed by atoms with E-state index in [2.05, 4.69) is 10.1 Å². The molecule has 2 aromatic heterocycles. The second-order valence-corrected chi connectivity index (χ2v) is 8.39. The van der Waals surface area contributed by atoms with Gasteiger partial charge in [-0.05, 0) is 49.6 Å². The van der Waals surface area contributed by atoms with Crippen molar-refractivity contribution >= 4 is 28.5 Å². The topological polar surface area (TPSA) is 66.8 Å². The van der Waals surface area contributed by atoms with Crippen molar-refractivity contribution < 1.29 is 4.79 Å². The average Bonchev–Trinajstić information content (AvgIpc) is 3.43. The Hall–Kier alpha value is -3.12. The standard InChI is InChI=1S/C24H24ClN5O/c1-2-22-19(15-26-30(22)18-7-5-6-17(25)14-18)24(31)29-12-10-16(11-13-29)23-27-20-8-3-4-9-21(20)28-23/h3-9,14-16H,2,10-13H2,1H3,(H,27,28). The highest BCUT2D eigenvalue weighted by Gasteiger charge is 2.28. The number of hydrogen-bond donors (Lipinski definition) is 1. The number of aromatic amines is 1. The van der Waals surface area contributed by atoms with E-state index < -0.39 is 0 Å². The van der Waals surface area contributed by atoms with Gasteiger partial charge in [0.1, 0.15) is 5.82 Å². The Balaban J connectivity index is 1.32. The van der Waals surface area contributed by atoms with Crippen molar-refractivity contribution in [2.75, 3.05) is 13.1 Å². The first-order valence-electron chi connectivity index (χ1n) is 10.7. The molecule has 0 radical (unpaired) electrons. The smallest absolute Gasteiger partial charge is 0.257 e. The zero-order valence-electron chi connectivity index (χ0n) is 17.4. The van der Waals surface area contributed by atoms with Crippen LogP contribution < -0.4 is 0 Å². The molecule has 4 aromatic rings. The van der Waals surface area contributed by atoms with Gasteiger partial charge in [0.15, 0.2) is 0 Å². The van der Waals surface area contributed by atoms with E-state index in [0.29, 0.717) is 36.0 Å². The van der Waals surface area contributed by atoms with Crippen molar-refractivity contribution in [1.29, 1.82) is 0 Å². The summed E-state index contributed by atoms with van der Waals surface area (Å²) in [5.41, 5.74) is 4.51. The van der Waals surface area contributed by atoms with Crippen LogP contribution in [0.2, 0.25) is 5.02 Å². The van der Waals surface area contributed by atoms with Crippen molar-refractivity contribution in [2.24, 2.45) is 0 Å². The second-order valence-electron chi connectivity index (χ2n) is 7.96. The highest BCUT2D eigenvalue weighted by molar-refractivity contribution is 6.30. The number of benzene rings is 2. The Labute approximate surface area is 185 Å². The third-order valence-corrected chi connectivity index (χ3v) is 6.30. The normalized spacial score (nSPS) is 15.0. The van der Waals surface area contributed by atoms with Gasteiger partial charge < -0.3 is 9.88 Å². The quantitative estimate of drug-likeness (QED) is 0.493. The fraction of sp³-hybridized carbons (Fsp3) is 0.292. The number of rotatable bonds is 4. The predicted octanol–water partition coefficient (Wildman–Crippen LogP) is 4.98. The summed E-state index contributed by atoms with van der Waals surface area (Å²) in [7, 11) is 0. The van der Waals surface area contributed by atoms with Crippen molar-refractivity contribution in [1.82, 2.24) is 24.6 Å². The van der Waals surface area contributed by atoms with Crippen LogP contribution in [0.3, 0.4) is 0 Å². The lowest BCUT2D eigenvalue weighted by molar-refractivity contribution is 0.0710. The number of likely N-dealkylation sites (tertiary alicyclic amines) is 1. The van der Waals surface area contributed by atoms with E-state index in [1.165, 1.54) is 0 Å². The molecule has 0 spiro atoms. The van der Waals surface area contributed by atoms with Gasteiger partial charge in [-0.3, -0.25) is 4.79 Å². The molecule has 6 nitrogen and oxygen atoms in total. The fourth-order valence-electron chi connectivity index (χ4n) is 4.42. The molecule has 0 aliphatic carbocycles. The highest BCUT2D eigenvalue weighted by atomic mass is 35.5. The Morgan fingerprint density at radius 3 is 2.71 bits per heavy atom.